The van der Waals surface area contributed by atoms with Gasteiger partial charge in [0, 0.05) is 23.7 Å². The van der Waals surface area contributed by atoms with Crippen LogP contribution in [0.4, 0.5) is 5.82 Å². The first-order valence-electron chi connectivity index (χ1n) is 8.65. The van der Waals surface area contributed by atoms with Crippen LogP contribution in [0.5, 0.6) is 0 Å². The Hall–Kier alpha value is -3.35. The van der Waals surface area contributed by atoms with Crippen molar-refractivity contribution in [3.05, 3.63) is 66.3 Å². The van der Waals surface area contributed by atoms with Crippen molar-refractivity contribution in [2.75, 3.05) is 4.90 Å². The zero-order valence-corrected chi connectivity index (χ0v) is 14.5. The van der Waals surface area contributed by atoms with Crippen LogP contribution in [-0.4, -0.2) is 29.7 Å². The molecule has 4 heterocycles. The van der Waals surface area contributed by atoms with Crippen LogP contribution in [0.2, 0.25) is 0 Å². The number of rotatable bonds is 3. The fourth-order valence-electron chi connectivity index (χ4n) is 3.51. The van der Waals surface area contributed by atoms with Gasteiger partial charge in [-0.3, -0.25) is 9.55 Å². The van der Waals surface area contributed by atoms with Gasteiger partial charge >= 0.3 is 0 Å². The number of nitrogens with zero attached hydrogens (tertiary/aromatic N) is 7. The molecule has 0 bridgehead atoms. The molecule has 0 spiro atoms. The Kier molecular flexibility index (Phi) is 3.21. The minimum absolute atomic E-state index is 0.0834. The molecule has 0 radical (unpaired) electrons. The molecule has 0 amide bonds. The zero-order chi connectivity index (χ0) is 17.7. The van der Waals surface area contributed by atoms with Gasteiger partial charge in [0.2, 0.25) is 0 Å². The lowest BCUT2D eigenvalue weighted by molar-refractivity contribution is 0.574. The SMILES string of the molecule is CC[C@@H]1c2nnc(C)n2-c2cnc(-c3ccncc3)nc2N1C1=CC=C1. The van der Waals surface area contributed by atoms with Crippen LogP contribution >= 0.6 is 0 Å². The van der Waals surface area contributed by atoms with Gasteiger partial charge in [0.15, 0.2) is 17.5 Å². The third-order valence-electron chi connectivity index (χ3n) is 4.82. The molecular weight excluding hydrogens is 326 g/mol. The minimum Gasteiger partial charge on any atom is -0.314 e. The summed E-state index contributed by atoms with van der Waals surface area (Å²) < 4.78 is 2.07. The molecular formula is C19H17N7. The minimum atomic E-state index is 0.0834. The molecule has 7 nitrogen and oxygen atoms in total. The molecule has 1 atom stereocenters. The molecule has 5 rings (SSSR count). The molecule has 1 aliphatic carbocycles. The van der Waals surface area contributed by atoms with E-state index in [2.05, 4.69) is 48.7 Å². The fourth-order valence-corrected chi connectivity index (χ4v) is 3.51. The molecule has 0 aromatic carbocycles. The molecule has 1 aliphatic heterocycles. The van der Waals surface area contributed by atoms with Crippen LogP contribution in [0, 0.1) is 6.92 Å². The highest BCUT2D eigenvalue weighted by molar-refractivity contribution is 5.70. The Balaban J connectivity index is 1.75. The monoisotopic (exact) mass is 343 g/mol. The average Bonchev–Trinajstić information content (AvgIpc) is 3.02. The standard InChI is InChI=1S/C19H17N7/c1-3-15-19-24-23-12(2)25(19)16-11-21-17(13-7-9-20-10-8-13)22-18(16)26(15)14-5-4-6-14/h4-11,15H,3H2,1-2H3/t15-/m1/s1. The van der Waals surface area contributed by atoms with Gasteiger partial charge in [0.05, 0.1) is 12.2 Å². The summed E-state index contributed by atoms with van der Waals surface area (Å²) in [6, 6.07) is 3.93. The summed E-state index contributed by atoms with van der Waals surface area (Å²) >= 11 is 0. The lowest BCUT2D eigenvalue weighted by Crippen LogP contribution is -2.36. The maximum Gasteiger partial charge on any atom is 0.162 e. The van der Waals surface area contributed by atoms with Crippen LogP contribution in [0.3, 0.4) is 0 Å². The van der Waals surface area contributed by atoms with Crippen LogP contribution in [0.25, 0.3) is 17.1 Å². The first-order valence-corrected chi connectivity index (χ1v) is 8.65. The molecule has 3 aromatic rings. The number of aryl methyl sites for hydroxylation is 1. The van der Waals surface area contributed by atoms with Gasteiger partial charge in [-0.15, -0.1) is 10.2 Å². The molecule has 0 N–H and O–H groups in total. The topological polar surface area (TPSA) is 72.6 Å². The van der Waals surface area contributed by atoms with Gasteiger partial charge in [-0.25, -0.2) is 9.97 Å². The Morgan fingerprint density at radius 3 is 2.65 bits per heavy atom. The second-order valence-electron chi connectivity index (χ2n) is 6.32. The number of hydrogen-bond donors (Lipinski definition) is 0. The number of allylic oxidation sites excluding steroid dienone is 3. The van der Waals surface area contributed by atoms with E-state index >= 15 is 0 Å². The zero-order valence-electron chi connectivity index (χ0n) is 14.5. The maximum atomic E-state index is 4.92. The van der Waals surface area contributed by atoms with Crippen molar-refractivity contribution in [3.8, 4) is 17.1 Å². The highest BCUT2D eigenvalue weighted by atomic mass is 15.4. The van der Waals surface area contributed by atoms with E-state index in [1.54, 1.807) is 12.4 Å². The molecule has 128 valence electrons. The van der Waals surface area contributed by atoms with Crippen molar-refractivity contribution in [2.24, 2.45) is 0 Å². The number of anilines is 1. The molecule has 2 aliphatic rings. The van der Waals surface area contributed by atoms with Crippen LogP contribution < -0.4 is 4.90 Å². The number of hydrogen-bond acceptors (Lipinski definition) is 6. The van der Waals surface area contributed by atoms with Crippen molar-refractivity contribution in [2.45, 2.75) is 26.3 Å². The van der Waals surface area contributed by atoms with Crippen molar-refractivity contribution < 1.29 is 0 Å². The predicted molar refractivity (Wildman–Crippen MR) is 97.7 cm³/mol. The third kappa shape index (κ3) is 2.03. The van der Waals surface area contributed by atoms with E-state index in [4.69, 9.17) is 4.98 Å². The van der Waals surface area contributed by atoms with Crippen LogP contribution in [0.15, 0.2) is 54.6 Å². The second-order valence-corrected chi connectivity index (χ2v) is 6.32. The summed E-state index contributed by atoms with van der Waals surface area (Å²) in [6.07, 6.45) is 12.5. The summed E-state index contributed by atoms with van der Waals surface area (Å²) in [5.41, 5.74) is 2.98. The first kappa shape index (κ1) is 14.9. The number of aromatic nitrogens is 6. The fraction of sp³-hybridized carbons (Fsp3) is 0.211. The van der Waals surface area contributed by atoms with Gasteiger partial charge in [0.25, 0.3) is 0 Å². The molecule has 0 saturated heterocycles. The lowest BCUT2D eigenvalue weighted by atomic mass is 10.0. The van der Waals surface area contributed by atoms with Gasteiger partial charge in [0.1, 0.15) is 11.5 Å². The van der Waals surface area contributed by atoms with E-state index in [1.165, 1.54) is 0 Å². The summed E-state index contributed by atoms with van der Waals surface area (Å²) in [4.78, 5) is 15.8. The predicted octanol–water partition coefficient (Wildman–Crippen LogP) is 3.15. The normalized spacial score (nSPS) is 17.4. The Labute approximate surface area is 150 Å². The molecule has 3 aromatic heterocycles. The second kappa shape index (κ2) is 5.59. The van der Waals surface area contributed by atoms with Crippen molar-refractivity contribution in [1.29, 1.82) is 0 Å². The van der Waals surface area contributed by atoms with E-state index < -0.39 is 0 Å². The van der Waals surface area contributed by atoms with E-state index in [-0.39, 0.29) is 6.04 Å². The molecule has 26 heavy (non-hydrogen) atoms. The van der Waals surface area contributed by atoms with Gasteiger partial charge in [-0.1, -0.05) is 13.0 Å². The van der Waals surface area contributed by atoms with Crippen LogP contribution in [0.1, 0.15) is 31.0 Å². The van der Waals surface area contributed by atoms with Crippen molar-refractivity contribution in [3.63, 3.8) is 0 Å². The summed E-state index contributed by atoms with van der Waals surface area (Å²) in [5.74, 6) is 3.34. The summed E-state index contributed by atoms with van der Waals surface area (Å²) in [7, 11) is 0. The molecule has 7 heteroatoms. The highest BCUT2D eigenvalue weighted by Gasteiger charge is 2.36. The van der Waals surface area contributed by atoms with E-state index in [9.17, 15) is 0 Å². The van der Waals surface area contributed by atoms with Crippen molar-refractivity contribution >= 4 is 5.82 Å². The Morgan fingerprint density at radius 1 is 1.15 bits per heavy atom. The molecule has 0 saturated carbocycles. The van der Waals surface area contributed by atoms with E-state index in [0.29, 0.717) is 5.82 Å². The molecule has 0 fully saturated rings. The maximum absolute atomic E-state index is 4.92. The summed E-state index contributed by atoms with van der Waals surface area (Å²) in [6.45, 7) is 4.12. The Morgan fingerprint density at radius 2 is 1.96 bits per heavy atom. The summed E-state index contributed by atoms with van der Waals surface area (Å²) in [5, 5.41) is 8.73. The van der Waals surface area contributed by atoms with E-state index in [0.717, 1.165) is 40.8 Å². The average molecular weight is 343 g/mol. The first-order chi connectivity index (χ1) is 12.8. The van der Waals surface area contributed by atoms with Gasteiger partial charge < -0.3 is 4.90 Å². The largest absolute Gasteiger partial charge is 0.314 e. The van der Waals surface area contributed by atoms with Crippen LogP contribution in [-0.2, 0) is 0 Å². The molecule has 0 unspecified atom stereocenters. The van der Waals surface area contributed by atoms with E-state index in [1.807, 2.05) is 31.3 Å². The smallest absolute Gasteiger partial charge is 0.162 e. The highest BCUT2D eigenvalue weighted by Crippen LogP contribution is 2.42. The van der Waals surface area contributed by atoms with Crippen molar-refractivity contribution in [1.82, 2.24) is 29.7 Å². The quantitative estimate of drug-likeness (QED) is 0.727. The number of pyridine rings is 1. The number of fused-ring (bicyclic) bond motifs is 3. The van der Waals surface area contributed by atoms with Gasteiger partial charge in [-0.05, 0) is 37.6 Å². The Bertz CT molecular complexity index is 1050. The van der Waals surface area contributed by atoms with Gasteiger partial charge in [-0.2, -0.15) is 0 Å². The third-order valence-corrected chi connectivity index (χ3v) is 4.82. The lowest BCUT2D eigenvalue weighted by Gasteiger charge is -2.38.